The third-order valence-electron chi connectivity index (χ3n) is 3.85. The van der Waals surface area contributed by atoms with Crippen molar-refractivity contribution in [2.24, 2.45) is 5.92 Å². The Bertz CT molecular complexity index is 631. The molecule has 2 rings (SSSR count). The number of carbonyl (C=O) groups excluding carboxylic acids is 1. The number of halogens is 1. The molecule has 0 unspecified atom stereocenters. The lowest BCUT2D eigenvalue weighted by atomic mass is 10.1. The van der Waals surface area contributed by atoms with Gasteiger partial charge >= 0.3 is 0 Å². The first kappa shape index (κ1) is 17.4. The molecule has 7 heteroatoms. The summed E-state index contributed by atoms with van der Waals surface area (Å²) in [4.78, 5) is 14.5. The molecule has 1 aliphatic heterocycles. The van der Waals surface area contributed by atoms with Gasteiger partial charge < -0.3 is 10.2 Å². The van der Waals surface area contributed by atoms with Gasteiger partial charge in [-0.1, -0.05) is 22.9 Å². The molecule has 1 N–H and O–H groups in total. The van der Waals surface area contributed by atoms with Crippen LogP contribution in [-0.2, 0) is 14.6 Å². The van der Waals surface area contributed by atoms with E-state index in [4.69, 9.17) is 0 Å². The van der Waals surface area contributed by atoms with E-state index in [1.54, 1.807) is 36.1 Å². The van der Waals surface area contributed by atoms with Crippen LogP contribution in [0.2, 0.25) is 0 Å². The minimum Gasteiger partial charge on any atom is -0.337 e. The summed E-state index contributed by atoms with van der Waals surface area (Å²) >= 11 is 3.28. The number of sulfone groups is 1. The highest BCUT2D eigenvalue weighted by Gasteiger charge is 2.30. The second-order valence-corrected chi connectivity index (χ2v) is 8.67. The Hall–Kier alpha value is -0.920. The zero-order valence-electron chi connectivity index (χ0n) is 12.8. The lowest BCUT2D eigenvalue weighted by Gasteiger charge is -2.35. The monoisotopic (exact) mass is 388 g/mol. The summed E-state index contributed by atoms with van der Waals surface area (Å²) in [6.07, 6.45) is 0. The van der Waals surface area contributed by atoms with Crippen molar-refractivity contribution in [3.8, 4) is 0 Å². The molecule has 1 aromatic rings. The summed E-state index contributed by atoms with van der Waals surface area (Å²) in [5, 5.41) is 3.22. The zero-order valence-corrected chi connectivity index (χ0v) is 15.2. The highest BCUT2D eigenvalue weighted by molar-refractivity contribution is 9.10. The Morgan fingerprint density at radius 1 is 1.41 bits per heavy atom. The zero-order chi connectivity index (χ0) is 16.3. The molecule has 1 aromatic carbocycles. The number of piperazine rings is 1. The molecule has 1 saturated heterocycles. The molecule has 0 aliphatic carbocycles. The highest BCUT2D eigenvalue weighted by Crippen LogP contribution is 2.19. The first-order chi connectivity index (χ1) is 10.3. The second-order valence-electron chi connectivity index (χ2n) is 5.72. The van der Waals surface area contributed by atoms with Gasteiger partial charge in [-0.3, -0.25) is 4.79 Å². The van der Waals surface area contributed by atoms with Gasteiger partial charge in [0.15, 0.2) is 9.84 Å². The number of rotatable bonds is 4. The molecule has 1 heterocycles. The van der Waals surface area contributed by atoms with Gasteiger partial charge in [0.05, 0.1) is 10.6 Å². The molecule has 0 aromatic heterocycles. The third kappa shape index (κ3) is 4.08. The normalized spacial score (nSPS) is 20.7. The average molecular weight is 389 g/mol. The van der Waals surface area contributed by atoms with E-state index in [-0.39, 0.29) is 22.6 Å². The fourth-order valence-electron chi connectivity index (χ4n) is 2.59. The van der Waals surface area contributed by atoms with Crippen LogP contribution in [0.4, 0.5) is 0 Å². The Kier molecular flexibility index (Phi) is 5.63. The largest absolute Gasteiger partial charge is 0.337 e. The van der Waals surface area contributed by atoms with Crippen molar-refractivity contribution in [3.63, 3.8) is 0 Å². The topological polar surface area (TPSA) is 66.5 Å². The van der Waals surface area contributed by atoms with Crippen LogP contribution in [0.3, 0.4) is 0 Å². The average Bonchev–Trinajstić information content (AvgIpc) is 2.47. The van der Waals surface area contributed by atoms with Crippen molar-refractivity contribution >= 4 is 31.7 Å². The van der Waals surface area contributed by atoms with Crippen LogP contribution in [0.15, 0.2) is 33.6 Å². The molecular formula is C15H21BrN2O3S. The van der Waals surface area contributed by atoms with Crippen LogP contribution >= 0.6 is 15.9 Å². The Morgan fingerprint density at radius 2 is 2.05 bits per heavy atom. The summed E-state index contributed by atoms with van der Waals surface area (Å²) in [6.45, 7) is 5.79. The van der Waals surface area contributed by atoms with Crippen molar-refractivity contribution in [1.82, 2.24) is 10.2 Å². The van der Waals surface area contributed by atoms with Crippen molar-refractivity contribution in [2.75, 3.05) is 25.4 Å². The Balaban J connectivity index is 2.08. The van der Waals surface area contributed by atoms with Gasteiger partial charge in [0, 0.05) is 36.1 Å². The first-order valence-corrected chi connectivity index (χ1v) is 9.75. The molecule has 22 heavy (non-hydrogen) atoms. The molecule has 1 amide bonds. The summed E-state index contributed by atoms with van der Waals surface area (Å²) in [6, 6.07) is 6.60. The summed E-state index contributed by atoms with van der Waals surface area (Å²) in [5.74, 6) is -0.798. The number of nitrogens with zero attached hydrogens (tertiary/aromatic N) is 1. The summed E-state index contributed by atoms with van der Waals surface area (Å²) < 4.78 is 25.7. The molecule has 1 aliphatic rings. The number of benzene rings is 1. The number of hydrogen-bond donors (Lipinski definition) is 1. The minimum absolute atomic E-state index is 0.0883. The molecule has 0 spiro atoms. The fourth-order valence-corrected chi connectivity index (χ4v) is 4.40. The smallest absolute Gasteiger partial charge is 0.226 e. The minimum atomic E-state index is -3.46. The van der Waals surface area contributed by atoms with E-state index < -0.39 is 15.8 Å². The lowest BCUT2D eigenvalue weighted by molar-refractivity contribution is -0.137. The number of nitrogens with one attached hydrogen (secondary N) is 1. The highest BCUT2D eigenvalue weighted by atomic mass is 79.9. The molecule has 0 radical (unpaired) electrons. The first-order valence-electron chi connectivity index (χ1n) is 7.31. The van der Waals surface area contributed by atoms with Crippen LogP contribution in [0.25, 0.3) is 0 Å². The van der Waals surface area contributed by atoms with Crippen molar-refractivity contribution in [1.29, 1.82) is 0 Å². The molecule has 122 valence electrons. The predicted molar refractivity (Wildman–Crippen MR) is 89.4 cm³/mol. The maximum atomic E-state index is 12.5. The van der Waals surface area contributed by atoms with E-state index in [0.717, 1.165) is 17.6 Å². The van der Waals surface area contributed by atoms with E-state index in [1.165, 1.54) is 0 Å². The number of carbonyl (C=O) groups is 1. The van der Waals surface area contributed by atoms with Gasteiger partial charge in [-0.15, -0.1) is 0 Å². The van der Waals surface area contributed by atoms with E-state index in [2.05, 4.69) is 21.2 Å². The molecule has 5 nitrogen and oxygen atoms in total. The maximum absolute atomic E-state index is 12.5. The number of amides is 1. The van der Waals surface area contributed by atoms with E-state index in [9.17, 15) is 13.2 Å². The van der Waals surface area contributed by atoms with Crippen molar-refractivity contribution in [3.05, 3.63) is 28.7 Å². The quantitative estimate of drug-likeness (QED) is 0.851. The van der Waals surface area contributed by atoms with E-state index >= 15 is 0 Å². The van der Waals surface area contributed by atoms with E-state index in [1.807, 2.05) is 6.92 Å². The molecule has 0 saturated carbocycles. The van der Waals surface area contributed by atoms with E-state index in [0.29, 0.717) is 6.54 Å². The molecular weight excluding hydrogens is 368 g/mol. The van der Waals surface area contributed by atoms with Crippen molar-refractivity contribution in [2.45, 2.75) is 24.8 Å². The second kappa shape index (κ2) is 7.10. The van der Waals surface area contributed by atoms with Gasteiger partial charge in [0.2, 0.25) is 5.91 Å². The van der Waals surface area contributed by atoms with Gasteiger partial charge in [-0.2, -0.15) is 0 Å². The van der Waals surface area contributed by atoms with Gasteiger partial charge in [0.25, 0.3) is 0 Å². The Morgan fingerprint density at radius 3 is 2.64 bits per heavy atom. The van der Waals surface area contributed by atoms with Gasteiger partial charge in [-0.25, -0.2) is 8.42 Å². The molecule has 0 bridgehead atoms. The van der Waals surface area contributed by atoms with Crippen molar-refractivity contribution < 1.29 is 13.2 Å². The fraction of sp³-hybridized carbons (Fsp3) is 0.533. The lowest BCUT2D eigenvalue weighted by Crippen LogP contribution is -2.54. The molecule has 1 fully saturated rings. The molecule has 2 atom stereocenters. The number of hydrogen-bond acceptors (Lipinski definition) is 4. The van der Waals surface area contributed by atoms with Crippen LogP contribution < -0.4 is 5.32 Å². The third-order valence-corrected chi connectivity index (χ3v) is 6.31. The van der Waals surface area contributed by atoms with Gasteiger partial charge in [0.1, 0.15) is 0 Å². The summed E-state index contributed by atoms with van der Waals surface area (Å²) in [7, 11) is -3.46. The van der Waals surface area contributed by atoms with Crippen LogP contribution in [-0.4, -0.2) is 50.7 Å². The summed E-state index contributed by atoms with van der Waals surface area (Å²) in [5.41, 5.74) is 0. The maximum Gasteiger partial charge on any atom is 0.226 e. The van der Waals surface area contributed by atoms with Crippen LogP contribution in [0.1, 0.15) is 13.8 Å². The van der Waals surface area contributed by atoms with Gasteiger partial charge in [-0.05, 0) is 31.2 Å². The Labute approximate surface area is 140 Å². The standard InChI is InChI=1S/C15H21BrN2O3S/c1-11(15(19)18-8-7-17-9-12(18)2)10-22(20,21)14-5-3-13(16)4-6-14/h3-6,11-12,17H,7-10H2,1-2H3/t11-,12+/m1/s1. The SMILES string of the molecule is C[C@H](CS(=O)(=O)c1ccc(Br)cc1)C(=O)N1CCNC[C@@H]1C. The predicted octanol–water partition coefficient (Wildman–Crippen LogP) is 1.68. The van der Waals surface area contributed by atoms with Crippen LogP contribution in [0.5, 0.6) is 0 Å². The van der Waals surface area contributed by atoms with Crippen LogP contribution in [0, 0.1) is 5.92 Å².